The summed E-state index contributed by atoms with van der Waals surface area (Å²) in [7, 11) is 0. The van der Waals surface area contributed by atoms with Gasteiger partial charge >= 0.3 is 0 Å². The van der Waals surface area contributed by atoms with Gasteiger partial charge in [0.05, 0.1) is 12.6 Å². The Morgan fingerprint density at radius 3 is 2.60 bits per heavy atom. The van der Waals surface area contributed by atoms with Crippen molar-refractivity contribution in [1.29, 1.82) is 0 Å². The molecule has 0 aliphatic rings. The molecule has 0 heterocycles. The molecule has 0 spiro atoms. The van der Waals surface area contributed by atoms with E-state index in [1.54, 1.807) is 0 Å². The van der Waals surface area contributed by atoms with Gasteiger partial charge in [-0.05, 0) is 37.4 Å². The van der Waals surface area contributed by atoms with E-state index in [0.717, 1.165) is 27.9 Å². The molecule has 2 N–H and O–H groups in total. The average molecular weight is 334 g/mol. The zero-order valence-corrected chi connectivity index (χ0v) is 14.5. The topological polar surface area (TPSA) is 50.4 Å². The molecule has 0 aliphatic heterocycles. The standard InChI is InChI=1S/C21H22N2O2/c1-15(2)25-18-10-6-9-17(13-18)22-14-21(24)23-20-12-5-8-16-7-3-4-11-19(16)20/h3-13,15,22H,14H2,1-2H3,(H,23,24). The van der Waals surface area contributed by atoms with Crippen molar-refractivity contribution in [2.45, 2.75) is 20.0 Å². The van der Waals surface area contributed by atoms with Gasteiger partial charge in [-0.3, -0.25) is 4.79 Å². The molecule has 3 rings (SSSR count). The molecule has 1 amide bonds. The Kier molecular flexibility index (Phi) is 5.19. The minimum atomic E-state index is -0.0912. The molecule has 128 valence electrons. The Morgan fingerprint density at radius 1 is 1.00 bits per heavy atom. The summed E-state index contributed by atoms with van der Waals surface area (Å²) < 4.78 is 5.66. The molecule has 0 radical (unpaired) electrons. The van der Waals surface area contributed by atoms with E-state index in [0.29, 0.717) is 0 Å². The fraction of sp³-hybridized carbons (Fsp3) is 0.190. The van der Waals surface area contributed by atoms with Gasteiger partial charge in [-0.15, -0.1) is 0 Å². The maximum atomic E-state index is 12.3. The molecule has 3 aromatic rings. The summed E-state index contributed by atoms with van der Waals surface area (Å²) in [5.74, 6) is 0.695. The van der Waals surface area contributed by atoms with Gasteiger partial charge < -0.3 is 15.4 Å². The molecule has 0 atom stereocenters. The van der Waals surface area contributed by atoms with Crippen LogP contribution in [0.15, 0.2) is 66.7 Å². The number of ether oxygens (including phenoxy) is 1. The molecule has 0 aliphatic carbocycles. The van der Waals surface area contributed by atoms with Crippen LogP contribution in [0.3, 0.4) is 0 Å². The van der Waals surface area contributed by atoms with Crippen LogP contribution in [0.25, 0.3) is 10.8 Å². The van der Waals surface area contributed by atoms with Crippen LogP contribution in [-0.2, 0) is 4.79 Å². The summed E-state index contributed by atoms with van der Waals surface area (Å²) in [4.78, 5) is 12.3. The largest absolute Gasteiger partial charge is 0.491 e. The third-order valence-electron chi connectivity index (χ3n) is 3.72. The Labute approximate surface area is 147 Å². The Balaban J connectivity index is 1.63. The number of carbonyl (C=O) groups is 1. The van der Waals surface area contributed by atoms with Gasteiger partial charge in [-0.25, -0.2) is 0 Å². The minimum Gasteiger partial charge on any atom is -0.491 e. The molecular weight excluding hydrogens is 312 g/mol. The molecule has 0 saturated carbocycles. The van der Waals surface area contributed by atoms with Crippen molar-refractivity contribution in [3.05, 3.63) is 66.7 Å². The summed E-state index contributed by atoms with van der Waals surface area (Å²) in [6.45, 7) is 4.16. The van der Waals surface area contributed by atoms with Crippen LogP contribution in [0.4, 0.5) is 11.4 Å². The molecule has 0 unspecified atom stereocenters. The SMILES string of the molecule is CC(C)Oc1cccc(NCC(=O)Nc2cccc3ccccc23)c1. The van der Waals surface area contributed by atoms with Crippen LogP contribution in [-0.4, -0.2) is 18.6 Å². The number of nitrogens with one attached hydrogen (secondary N) is 2. The fourth-order valence-corrected chi connectivity index (χ4v) is 2.66. The second-order valence-corrected chi connectivity index (χ2v) is 6.12. The first-order valence-corrected chi connectivity index (χ1v) is 8.40. The lowest BCUT2D eigenvalue weighted by Crippen LogP contribution is -2.21. The summed E-state index contributed by atoms with van der Waals surface area (Å²) in [5, 5.41) is 8.24. The normalized spacial score (nSPS) is 10.7. The summed E-state index contributed by atoms with van der Waals surface area (Å²) >= 11 is 0. The molecule has 4 nitrogen and oxygen atoms in total. The van der Waals surface area contributed by atoms with E-state index in [1.807, 2.05) is 80.6 Å². The Hall–Kier alpha value is -3.01. The molecule has 3 aromatic carbocycles. The average Bonchev–Trinajstić information content (AvgIpc) is 2.60. The van der Waals surface area contributed by atoms with E-state index in [4.69, 9.17) is 4.74 Å². The number of rotatable bonds is 6. The van der Waals surface area contributed by atoms with Gasteiger partial charge in [0.25, 0.3) is 0 Å². The van der Waals surface area contributed by atoms with Gasteiger partial charge in [0.15, 0.2) is 0 Å². The zero-order valence-electron chi connectivity index (χ0n) is 14.5. The quantitative estimate of drug-likeness (QED) is 0.688. The fourth-order valence-electron chi connectivity index (χ4n) is 2.66. The smallest absolute Gasteiger partial charge is 0.243 e. The van der Waals surface area contributed by atoms with Gasteiger partial charge in [0, 0.05) is 22.8 Å². The van der Waals surface area contributed by atoms with Crippen molar-refractivity contribution >= 4 is 28.1 Å². The van der Waals surface area contributed by atoms with E-state index in [9.17, 15) is 4.79 Å². The highest BCUT2D eigenvalue weighted by Crippen LogP contribution is 2.23. The summed E-state index contributed by atoms with van der Waals surface area (Å²) in [5.41, 5.74) is 1.67. The Bertz CT molecular complexity index is 869. The van der Waals surface area contributed by atoms with Crippen molar-refractivity contribution < 1.29 is 9.53 Å². The first kappa shape index (κ1) is 16.8. The number of benzene rings is 3. The van der Waals surface area contributed by atoms with Crippen LogP contribution >= 0.6 is 0 Å². The highest BCUT2D eigenvalue weighted by molar-refractivity contribution is 6.03. The number of amides is 1. The third-order valence-corrected chi connectivity index (χ3v) is 3.72. The highest BCUT2D eigenvalue weighted by atomic mass is 16.5. The summed E-state index contributed by atoms with van der Waals surface area (Å²) in [6, 6.07) is 21.5. The molecule has 0 bridgehead atoms. The lowest BCUT2D eigenvalue weighted by Gasteiger charge is -2.12. The molecule has 0 fully saturated rings. The second-order valence-electron chi connectivity index (χ2n) is 6.12. The lowest BCUT2D eigenvalue weighted by atomic mass is 10.1. The predicted molar refractivity (Wildman–Crippen MR) is 103 cm³/mol. The van der Waals surface area contributed by atoms with Crippen LogP contribution in [0, 0.1) is 0 Å². The molecule has 25 heavy (non-hydrogen) atoms. The number of carbonyl (C=O) groups excluding carboxylic acids is 1. The molecule has 0 saturated heterocycles. The van der Waals surface area contributed by atoms with Gasteiger partial charge in [-0.2, -0.15) is 0 Å². The number of fused-ring (bicyclic) bond motifs is 1. The molecule has 0 aromatic heterocycles. The van der Waals surface area contributed by atoms with Crippen molar-refractivity contribution in [2.24, 2.45) is 0 Å². The second kappa shape index (κ2) is 7.71. The van der Waals surface area contributed by atoms with E-state index in [1.165, 1.54) is 0 Å². The third kappa shape index (κ3) is 4.51. The van der Waals surface area contributed by atoms with Crippen molar-refractivity contribution in [1.82, 2.24) is 0 Å². The van der Waals surface area contributed by atoms with Crippen molar-refractivity contribution in [3.8, 4) is 5.75 Å². The maximum absolute atomic E-state index is 12.3. The van der Waals surface area contributed by atoms with Crippen LogP contribution in [0.5, 0.6) is 5.75 Å². The van der Waals surface area contributed by atoms with Crippen LogP contribution in [0.2, 0.25) is 0 Å². The van der Waals surface area contributed by atoms with E-state index >= 15 is 0 Å². The monoisotopic (exact) mass is 334 g/mol. The predicted octanol–water partition coefficient (Wildman–Crippen LogP) is 4.68. The van der Waals surface area contributed by atoms with Crippen molar-refractivity contribution in [2.75, 3.05) is 17.2 Å². The molecular formula is C21H22N2O2. The van der Waals surface area contributed by atoms with Gasteiger partial charge in [-0.1, -0.05) is 42.5 Å². The Morgan fingerprint density at radius 2 is 1.76 bits per heavy atom. The number of hydrogen-bond donors (Lipinski definition) is 2. The highest BCUT2D eigenvalue weighted by Gasteiger charge is 2.06. The first-order valence-electron chi connectivity index (χ1n) is 8.40. The minimum absolute atomic E-state index is 0.0912. The van der Waals surface area contributed by atoms with E-state index in [2.05, 4.69) is 10.6 Å². The van der Waals surface area contributed by atoms with Crippen molar-refractivity contribution in [3.63, 3.8) is 0 Å². The van der Waals surface area contributed by atoms with Gasteiger partial charge in [0.2, 0.25) is 5.91 Å². The molecule has 4 heteroatoms. The lowest BCUT2D eigenvalue weighted by molar-refractivity contribution is -0.114. The van der Waals surface area contributed by atoms with E-state index in [-0.39, 0.29) is 18.6 Å². The van der Waals surface area contributed by atoms with E-state index < -0.39 is 0 Å². The van der Waals surface area contributed by atoms with Crippen LogP contribution in [0.1, 0.15) is 13.8 Å². The first-order chi connectivity index (χ1) is 12.1. The number of hydrogen-bond acceptors (Lipinski definition) is 3. The zero-order chi connectivity index (χ0) is 17.6. The van der Waals surface area contributed by atoms with Crippen LogP contribution < -0.4 is 15.4 Å². The summed E-state index contributed by atoms with van der Waals surface area (Å²) in [6.07, 6.45) is 0.116. The van der Waals surface area contributed by atoms with Gasteiger partial charge in [0.1, 0.15) is 5.75 Å². The maximum Gasteiger partial charge on any atom is 0.243 e. The number of anilines is 2.